The Labute approximate surface area is 87.1 Å². The Hall–Kier alpha value is 0.893. The average molecular weight is 238 g/mol. The van der Waals surface area contributed by atoms with E-state index in [1.165, 1.54) is 0 Å². The van der Waals surface area contributed by atoms with Crippen molar-refractivity contribution in [3.05, 3.63) is 0 Å². The fraction of sp³-hybridized carbons (Fsp3) is 0. The summed E-state index contributed by atoms with van der Waals surface area (Å²) in [6.45, 7) is 0. The van der Waals surface area contributed by atoms with E-state index in [1.54, 1.807) is 0 Å². The van der Waals surface area contributed by atoms with Crippen LogP contribution in [0.2, 0.25) is 0 Å². The fourth-order valence-corrected chi connectivity index (χ4v) is 0. The number of hydrogen-bond acceptors (Lipinski definition) is 5. The Morgan fingerprint density at radius 2 is 1.00 bits per heavy atom. The molecule has 9 N–H and O–H groups in total. The normalized spacial score (nSPS) is 9.92. The fourth-order valence-electron chi connectivity index (χ4n) is 0. The van der Waals surface area contributed by atoms with Crippen molar-refractivity contribution in [2.24, 2.45) is 0 Å². The van der Waals surface area contributed by atoms with Crippen LogP contribution < -0.4 is 0 Å². The zero-order valence-corrected chi connectivity index (χ0v) is 9.00. The minimum Gasteiger partial charge on any atom is -1.00 e. The first kappa shape index (κ1) is 23.1. The molecular formula is H11MgO9PSi. The molecule has 0 saturated heterocycles. The standard InChI is InChI=1S/Mg.H3O4P.H4O4Si.H2O.2H/c;2*1-5(2,3)4;;;/h;(H3,1,2,3,4);1-4H;1H2;;/q+2;;;;2*-1. The molecule has 0 aliphatic carbocycles. The second kappa shape index (κ2) is 8.49. The predicted octanol–water partition coefficient (Wildman–Crippen LogP) is -4.52. The maximum Gasteiger partial charge on any atom is 2.00 e. The average Bonchev–Trinajstić information content (AvgIpc) is 1.12. The molecule has 0 radical (unpaired) electrons. The van der Waals surface area contributed by atoms with Gasteiger partial charge in [0.2, 0.25) is 0 Å². The van der Waals surface area contributed by atoms with Crippen LogP contribution in [0.3, 0.4) is 0 Å². The van der Waals surface area contributed by atoms with Gasteiger partial charge >= 0.3 is 39.9 Å². The topological polar surface area (TPSA) is 190 Å². The Kier molecular flexibility index (Phi) is 16.3. The molecule has 0 aromatic rings. The van der Waals surface area contributed by atoms with Crippen molar-refractivity contribution >= 4 is 39.9 Å². The third-order valence-electron chi connectivity index (χ3n) is 0. The van der Waals surface area contributed by atoms with E-state index in [0.717, 1.165) is 0 Å². The van der Waals surface area contributed by atoms with Crippen LogP contribution in [-0.4, -0.2) is 71.4 Å². The second-order valence-electron chi connectivity index (χ2n) is 1.11. The van der Waals surface area contributed by atoms with Crippen LogP contribution in [0.4, 0.5) is 0 Å². The summed E-state index contributed by atoms with van der Waals surface area (Å²) in [5.41, 5.74) is 0. The molecule has 12 heavy (non-hydrogen) atoms. The Balaban J connectivity index is -0.0000000178. The first-order chi connectivity index (χ1) is 4.00. The van der Waals surface area contributed by atoms with Crippen LogP contribution >= 0.6 is 7.82 Å². The summed E-state index contributed by atoms with van der Waals surface area (Å²) in [5.74, 6) is 0. The van der Waals surface area contributed by atoms with Crippen LogP contribution in [-0.2, 0) is 4.57 Å². The molecule has 0 aromatic heterocycles. The summed E-state index contributed by atoms with van der Waals surface area (Å²) in [7, 11) is -9.25. The maximum absolute atomic E-state index is 8.88. The third kappa shape index (κ3) is 1340. The first-order valence-electron chi connectivity index (χ1n) is 1.68. The SMILES string of the molecule is O.O=P(O)(O)O.O[Si](O)(O)O.[H-].[H-].[Mg+2]. The summed E-state index contributed by atoms with van der Waals surface area (Å²) in [4.78, 5) is 50.9. The molecule has 0 atom stereocenters. The van der Waals surface area contributed by atoms with E-state index >= 15 is 0 Å². The largest absolute Gasteiger partial charge is 2.00 e. The van der Waals surface area contributed by atoms with Crippen LogP contribution in [0.5, 0.6) is 0 Å². The monoisotopic (exact) mass is 238 g/mol. The quantitative estimate of drug-likeness (QED) is 0.162. The summed E-state index contributed by atoms with van der Waals surface area (Å²) in [6, 6.07) is 0. The van der Waals surface area contributed by atoms with Gasteiger partial charge in [-0.2, -0.15) is 0 Å². The van der Waals surface area contributed by atoms with Crippen molar-refractivity contribution in [3.8, 4) is 0 Å². The van der Waals surface area contributed by atoms with E-state index in [0.29, 0.717) is 0 Å². The zero-order valence-electron chi connectivity index (χ0n) is 7.69. The zero-order chi connectivity index (χ0) is 9.00. The smallest absolute Gasteiger partial charge is 1.00 e. The minimum atomic E-state index is -4.64. The molecule has 0 aromatic carbocycles. The molecule has 12 heteroatoms. The van der Waals surface area contributed by atoms with Gasteiger partial charge in [-0.05, 0) is 0 Å². The summed E-state index contributed by atoms with van der Waals surface area (Å²) < 4.78 is 8.88. The van der Waals surface area contributed by atoms with Crippen LogP contribution in [0.15, 0.2) is 0 Å². The predicted molar refractivity (Wildman–Crippen MR) is 40.5 cm³/mol. The van der Waals surface area contributed by atoms with Crippen molar-refractivity contribution in [2.75, 3.05) is 0 Å². The molecule has 0 rings (SSSR count). The van der Waals surface area contributed by atoms with Gasteiger partial charge in [0.1, 0.15) is 0 Å². The molecule has 0 heterocycles. The van der Waals surface area contributed by atoms with Crippen molar-refractivity contribution in [3.63, 3.8) is 0 Å². The second-order valence-corrected chi connectivity index (χ2v) is 3.34. The van der Waals surface area contributed by atoms with E-state index < -0.39 is 16.9 Å². The Bertz CT molecular complexity index is 115. The van der Waals surface area contributed by atoms with E-state index in [4.69, 9.17) is 38.4 Å². The minimum absolute atomic E-state index is 0. The summed E-state index contributed by atoms with van der Waals surface area (Å²) >= 11 is 0. The first-order valence-corrected chi connectivity index (χ1v) is 5.03. The maximum atomic E-state index is 8.88. The molecule has 0 aliphatic rings. The number of phosphoric acid groups is 1. The van der Waals surface area contributed by atoms with Gasteiger partial charge in [-0.15, -0.1) is 0 Å². The van der Waals surface area contributed by atoms with E-state index in [2.05, 4.69) is 0 Å². The molecule has 9 nitrogen and oxygen atoms in total. The van der Waals surface area contributed by atoms with E-state index in [9.17, 15) is 0 Å². The van der Waals surface area contributed by atoms with Crippen molar-refractivity contribution < 1.29 is 46.8 Å². The van der Waals surface area contributed by atoms with E-state index in [1.807, 2.05) is 0 Å². The van der Waals surface area contributed by atoms with Gasteiger partial charge in [-0.25, -0.2) is 4.57 Å². The molecular weight excluding hydrogens is 227 g/mol. The summed E-state index contributed by atoms with van der Waals surface area (Å²) in [5, 5.41) is 0. The van der Waals surface area contributed by atoms with Gasteiger partial charge in [0.05, 0.1) is 0 Å². The Morgan fingerprint density at radius 1 is 1.00 bits per heavy atom. The van der Waals surface area contributed by atoms with E-state index in [-0.39, 0.29) is 31.4 Å². The molecule has 0 aliphatic heterocycles. The third-order valence-corrected chi connectivity index (χ3v) is 0. The van der Waals surface area contributed by atoms with Gasteiger partial charge in [-0.3, -0.25) is 0 Å². The van der Waals surface area contributed by atoms with Crippen LogP contribution in [0.1, 0.15) is 2.85 Å². The van der Waals surface area contributed by atoms with Gasteiger partial charge in [-0.1, -0.05) is 0 Å². The molecule has 0 unspecified atom stereocenters. The van der Waals surface area contributed by atoms with Gasteiger partial charge in [0.15, 0.2) is 0 Å². The van der Waals surface area contributed by atoms with Crippen LogP contribution in [0, 0.1) is 0 Å². The molecule has 76 valence electrons. The number of hydrogen-bond donors (Lipinski definition) is 7. The van der Waals surface area contributed by atoms with Gasteiger partial charge < -0.3 is 42.2 Å². The molecule has 0 saturated carbocycles. The van der Waals surface area contributed by atoms with Crippen LogP contribution in [0.25, 0.3) is 0 Å². The number of rotatable bonds is 0. The molecule has 0 fully saturated rings. The summed E-state index contributed by atoms with van der Waals surface area (Å²) in [6.07, 6.45) is 0. The Morgan fingerprint density at radius 3 is 1.00 bits per heavy atom. The van der Waals surface area contributed by atoms with Crippen molar-refractivity contribution in [2.45, 2.75) is 0 Å². The van der Waals surface area contributed by atoms with Crippen molar-refractivity contribution in [1.82, 2.24) is 0 Å². The molecule has 0 spiro atoms. The van der Waals surface area contributed by atoms with Crippen molar-refractivity contribution in [1.29, 1.82) is 0 Å². The molecule has 0 bridgehead atoms. The van der Waals surface area contributed by atoms with Gasteiger partial charge in [0, 0.05) is 0 Å². The van der Waals surface area contributed by atoms with Gasteiger partial charge in [0.25, 0.3) is 0 Å². The molecule has 0 amide bonds.